The summed E-state index contributed by atoms with van der Waals surface area (Å²) in [5.41, 5.74) is -3.07. The number of alkyl halides is 3. The molecule has 0 N–H and O–H groups in total. The molecular formula is C17H12ClF3N4O3. The Balaban J connectivity index is 1.88. The molecule has 3 rings (SSSR count). The topological polar surface area (TPSA) is 82.9 Å². The molecule has 2 heterocycles. The highest BCUT2D eigenvalue weighted by Gasteiger charge is 2.36. The van der Waals surface area contributed by atoms with Gasteiger partial charge in [-0.2, -0.15) is 18.2 Å². The van der Waals surface area contributed by atoms with Crippen molar-refractivity contribution in [3.05, 3.63) is 79.2 Å². The van der Waals surface area contributed by atoms with Crippen LogP contribution in [-0.2, 0) is 19.8 Å². The van der Waals surface area contributed by atoms with Crippen molar-refractivity contribution < 1.29 is 17.7 Å². The molecule has 0 spiro atoms. The summed E-state index contributed by atoms with van der Waals surface area (Å²) in [4.78, 5) is 28.1. The first-order valence-corrected chi connectivity index (χ1v) is 8.17. The van der Waals surface area contributed by atoms with Gasteiger partial charge in [-0.05, 0) is 23.8 Å². The molecule has 0 aliphatic rings. The minimum Gasteiger partial charge on any atom is -0.337 e. The van der Waals surface area contributed by atoms with Crippen molar-refractivity contribution in [2.45, 2.75) is 12.7 Å². The average molecular weight is 413 g/mol. The fourth-order valence-electron chi connectivity index (χ4n) is 2.34. The lowest BCUT2D eigenvalue weighted by Gasteiger charge is -2.10. The number of halogens is 4. The Labute approximate surface area is 160 Å². The number of hydrogen-bond donors (Lipinski definition) is 0. The summed E-state index contributed by atoms with van der Waals surface area (Å²) in [6.07, 6.45) is -1.27. The molecule has 1 aromatic carbocycles. The van der Waals surface area contributed by atoms with E-state index in [0.29, 0.717) is 20.4 Å². The van der Waals surface area contributed by atoms with E-state index in [9.17, 15) is 22.8 Å². The van der Waals surface area contributed by atoms with E-state index < -0.39 is 29.5 Å². The van der Waals surface area contributed by atoms with Gasteiger partial charge >= 0.3 is 11.9 Å². The summed E-state index contributed by atoms with van der Waals surface area (Å²) >= 11 is 5.80. The Kier molecular flexibility index (Phi) is 5.23. The van der Waals surface area contributed by atoms with Gasteiger partial charge in [0, 0.05) is 18.3 Å². The predicted octanol–water partition coefficient (Wildman–Crippen LogP) is 2.82. The molecular weight excluding hydrogens is 401 g/mol. The predicted molar refractivity (Wildman–Crippen MR) is 94.7 cm³/mol. The summed E-state index contributed by atoms with van der Waals surface area (Å²) in [6.45, 7) is -0.586. The van der Waals surface area contributed by atoms with Crippen LogP contribution in [0.5, 0.6) is 0 Å². The Morgan fingerprint density at radius 2 is 1.86 bits per heavy atom. The quantitative estimate of drug-likeness (QED) is 0.658. The number of hydrogen-bond acceptors (Lipinski definition) is 5. The van der Waals surface area contributed by atoms with Crippen LogP contribution in [0.25, 0.3) is 12.2 Å². The standard InChI is InChI=1S/C17H12ClF3N4O3/c1-24-8-12(17(19,20)21)15(26)25(16(24)27)9-14-22-13(23-28-14)7-4-10-2-5-11(18)6-3-10/h2-8H,9H2,1H3/b7-4+. The van der Waals surface area contributed by atoms with Crippen LogP contribution in [0.15, 0.2) is 44.6 Å². The number of rotatable bonds is 4. The lowest BCUT2D eigenvalue weighted by molar-refractivity contribution is -0.139. The van der Waals surface area contributed by atoms with E-state index in [1.807, 2.05) is 0 Å². The van der Waals surface area contributed by atoms with Gasteiger partial charge in [0.15, 0.2) is 5.82 Å². The zero-order chi connectivity index (χ0) is 20.5. The zero-order valence-electron chi connectivity index (χ0n) is 14.3. The Bertz CT molecular complexity index is 1140. The number of aryl methyl sites for hydroxylation is 1. The molecule has 146 valence electrons. The maximum absolute atomic E-state index is 13.0. The molecule has 3 aromatic rings. The first-order chi connectivity index (χ1) is 13.1. The number of nitrogens with zero attached hydrogens (tertiary/aromatic N) is 4. The van der Waals surface area contributed by atoms with E-state index in [0.717, 1.165) is 12.6 Å². The van der Waals surface area contributed by atoms with Gasteiger partial charge in [0.05, 0.1) is 0 Å². The van der Waals surface area contributed by atoms with Gasteiger partial charge < -0.3 is 9.09 Å². The molecule has 0 saturated heterocycles. The van der Waals surface area contributed by atoms with Crippen molar-refractivity contribution in [1.29, 1.82) is 0 Å². The lowest BCUT2D eigenvalue weighted by atomic mass is 10.2. The molecule has 2 aromatic heterocycles. The summed E-state index contributed by atoms with van der Waals surface area (Å²) in [5.74, 6) is -0.0592. The fourth-order valence-corrected chi connectivity index (χ4v) is 2.47. The smallest absolute Gasteiger partial charge is 0.337 e. The fraction of sp³-hybridized carbons (Fsp3) is 0.176. The summed E-state index contributed by atoms with van der Waals surface area (Å²) in [6, 6.07) is 6.90. The minimum absolute atomic E-state index is 0.127. The molecule has 0 fully saturated rings. The molecule has 0 atom stereocenters. The molecule has 11 heteroatoms. The summed E-state index contributed by atoms with van der Waals surface area (Å²) in [7, 11) is 1.11. The van der Waals surface area contributed by atoms with Crippen molar-refractivity contribution in [3.8, 4) is 0 Å². The molecule has 0 radical (unpaired) electrons. The van der Waals surface area contributed by atoms with Crippen molar-refractivity contribution >= 4 is 23.8 Å². The minimum atomic E-state index is -4.90. The van der Waals surface area contributed by atoms with Crippen LogP contribution in [0.1, 0.15) is 22.8 Å². The van der Waals surface area contributed by atoms with E-state index in [1.165, 1.54) is 6.08 Å². The normalized spacial score (nSPS) is 12.0. The van der Waals surface area contributed by atoms with Crippen molar-refractivity contribution in [1.82, 2.24) is 19.3 Å². The second kappa shape index (κ2) is 7.47. The highest BCUT2D eigenvalue weighted by atomic mass is 35.5. The molecule has 0 aliphatic heterocycles. The zero-order valence-corrected chi connectivity index (χ0v) is 15.0. The van der Waals surface area contributed by atoms with Gasteiger partial charge in [0.1, 0.15) is 12.1 Å². The molecule has 0 amide bonds. The number of benzene rings is 1. The van der Waals surface area contributed by atoms with Crippen molar-refractivity contribution in [2.24, 2.45) is 7.05 Å². The Morgan fingerprint density at radius 3 is 2.50 bits per heavy atom. The van der Waals surface area contributed by atoms with Crippen LogP contribution in [0, 0.1) is 0 Å². The monoisotopic (exact) mass is 412 g/mol. The summed E-state index contributed by atoms with van der Waals surface area (Å²) in [5, 5.41) is 4.23. The third-order valence-corrected chi connectivity index (χ3v) is 3.96. The third-order valence-electron chi connectivity index (χ3n) is 3.71. The first kappa shape index (κ1) is 19.6. The average Bonchev–Trinajstić information content (AvgIpc) is 3.08. The second-order valence-electron chi connectivity index (χ2n) is 5.76. The highest BCUT2D eigenvalue weighted by Crippen LogP contribution is 2.25. The van der Waals surface area contributed by atoms with Crippen LogP contribution in [0.2, 0.25) is 5.02 Å². The molecule has 28 heavy (non-hydrogen) atoms. The van der Waals surface area contributed by atoms with E-state index >= 15 is 0 Å². The van der Waals surface area contributed by atoms with Crippen LogP contribution in [0.4, 0.5) is 13.2 Å². The SMILES string of the molecule is Cn1cc(C(F)(F)F)c(=O)n(Cc2nc(/C=C/c3ccc(Cl)cc3)no2)c1=O. The van der Waals surface area contributed by atoms with E-state index in [1.54, 1.807) is 30.3 Å². The van der Waals surface area contributed by atoms with Crippen LogP contribution >= 0.6 is 11.6 Å². The molecule has 0 saturated carbocycles. The molecule has 0 bridgehead atoms. The third kappa shape index (κ3) is 4.22. The molecule has 0 unspecified atom stereocenters. The van der Waals surface area contributed by atoms with Crippen LogP contribution < -0.4 is 11.2 Å². The van der Waals surface area contributed by atoms with Gasteiger partial charge in [0.2, 0.25) is 5.89 Å². The van der Waals surface area contributed by atoms with Gasteiger partial charge in [-0.25, -0.2) is 4.79 Å². The van der Waals surface area contributed by atoms with Crippen molar-refractivity contribution in [2.75, 3.05) is 0 Å². The van der Waals surface area contributed by atoms with Crippen LogP contribution in [-0.4, -0.2) is 19.3 Å². The lowest BCUT2D eigenvalue weighted by Crippen LogP contribution is -2.42. The van der Waals surface area contributed by atoms with Crippen LogP contribution in [0.3, 0.4) is 0 Å². The Hall–Kier alpha value is -3.14. The van der Waals surface area contributed by atoms with Crippen molar-refractivity contribution in [3.63, 3.8) is 0 Å². The maximum atomic E-state index is 13.0. The largest absolute Gasteiger partial charge is 0.423 e. The van der Waals surface area contributed by atoms with Gasteiger partial charge in [-0.1, -0.05) is 35.0 Å². The van der Waals surface area contributed by atoms with E-state index in [2.05, 4.69) is 10.1 Å². The van der Waals surface area contributed by atoms with E-state index in [4.69, 9.17) is 16.1 Å². The van der Waals surface area contributed by atoms with E-state index in [-0.39, 0.29) is 11.7 Å². The Morgan fingerprint density at radius 1 is 1.18 bits per heavy atom. The highest BCUT2D eigenvalue weighted by molar-refractivity contribution is 6.30. The number of aromatic nitrogens is 4. The molecule has 0 aliphatic carbocycles. The molecule has 7 nitrogen and oxygen atoms in total. The van der Waals surface area contributed by atoms with Gasteiger partial charge in [-0.15, -0.1) is 0 Å². The second-order valence-corrected chi connectivity index (χ2v) is 6.19. The summed E-state index contributed by atoms with van der Waals surface area (Å²) < 4.78 is 44.9. The first-order valence-electron chi connectivity index (χ1n) is 7.79. The van der Waals surface area contributed by atoms with Gasteiger partial charge in [-0.3, -0.25) is 9.36 Å². The van der Waals surface area contributed by atoms with Gasteiger partial charge in [0.25, 0.3) is 5.56 Å². The maximum Gasteiger partial charge on any atom is 0.423 e.